The summed E-state index contributed by atoms with van der Waals surface area (Å²) in [6.07, 6.45) is 5.29. The Morgan fingerprint density at radius 3 is 2.80 bits per heavy atom. The number of ketones is 1. The van der Waals surface area contributed by atoms with E-state index in [1.54, 1.807) is 4.90 Å². The summed E-state index contributed by atoms with van der Waals surface area (Å²) in [6.45, 7) is 0.941. The van der Waals surface area contributed by atoms with Crippen LogP contribution >= 0.6 is 0 Å². The van der Waals surface area contributed by atoms with Crippen LogP contribution in [0.1, 0.15) is 35.2 Å². The summed E-state index contributed by atoms with van der Waals surface area (Å²) in [4.78, 5) is 44.6. The van der Waals surface area contributed by atoms with Gasteiger partial charge >= 0.3 is 0 Å². The third-order valence-corrected chi connectivity index (χ3v) is 4.62. The second-order valence-corrected chi connectivity index (χ2v) is 6.34. The number of benzene rings is 1. The molecular formula is C19H21N3O3. The third-order valence-electron chi connectivity index (χ3n) is 4.62. The average Bonchev–Trinajstić information content (AvgIpc) is 2.67. The standard InChI is InChI=1S/C19H21N3O3/c23-17(9-8-14-5-2-1-3-6-14)15-7-4-10-22(12-15)19(25)16-11-20-13-21-18(16)24/h1-3,5-6,11,13,15H,4,7-10,12H2,(H,20,21,24)/t15-/m0/s1. The number of piperidine rings is 1. The molecular weight excluding hydrogens is 318 g/mol. The fourth-order valence-electron chi connectivity index (χ4n) is 3.21. The van der Waals surface area contributed by atoms with Crippen molar-refractivity contribution in [3.8, 4) is 0 Å². The summed E-state index contributed by atoms with van der Waals surface area (Å²) in [5.41, 5.74) is 0.721. The van der Waals surface area contributed by atoms with Gasteiger partial charge in [-0.05, 0) is 24.8 Å². The van der Waals surface area contributed by atoms with Gasteiger partial charge in [-0.15, -0.1) is 0 Å². The molecule has 0 radical (unpaired) electrons. The zero-order chi connectivity index (χ0) is 17.6. The lowest BCUT2D eigenvalue weighted by molar-refractivity contribution is -0.124. The fourth-order valence-corrected chi connectivity index (χ4v) is 3.21. The van der Waals surface area contributed by atoms with E-state index in [9.17, 15) is 14.4 Å². The lowest BCUT2D eigenvalue weighted by Gasteiger charge is -2.31. The zero-order valence-electron chi connectivity index (χ0n) is 14.0. The Morgan fingerprint density at radius 2 is 2.04 bits per heavy atom. The van der Waals surface area contributed by atoms with E-state index in [1.807, 2.05) is 30.3 Å². The lowest BCUT2D eigenvalue weighted by atomic mass is 9.90. The number of rotatable bonds is 5. The van der Waals surface area contributed by atoms with Crippen molar-refractivity contribution in [1.82, 2.24) is 14.9 Å². The second kappa shape index (κ2) is 7.88. The molecule has 1 atom stereocenters. The van der Waals surface area contributed by atoms with E-state index in [-0.39, 0.29) is 23.2 Å². The first-order valence-corrected chi connectivity index (χ1v) is 8.54. The summed E-state index contributed by atoms with van der Waals surface area (Å²) in [7, 11) is 0. The highest BCUT2D eigenvalue weighted by molar-refractivity contribution is 5.94. The first-order chi connectivity index (χ1) is 12.1. The molecule has 1 fully saturated rings. The fraction of sp³-hybridized carbons (Fsp3) is 0.368. The number of nitrogens with one attached hydrogen (secondary N) is 1. The molecule has 25 heavy (non-hydrogen) atoms. The number of aryl methyl sites for hydroxylation is 1. The van der Waals surface area contributed by atoms with Crippen LogP contribution in [0.2, 0.25) is 0 Å². The van der Waals surface area contributed by atoms with E-state index in [0.717, 1.165) is 18.4 Å². The molecule has 6 nitrogen and oxygen atoms in total. The summed E-state index contributed by atoms with van der Waals surface area (Å²) >= 11 is 0. The summed E-state index contributed by atoms with van der Waals surface area (Å²) < 4.78 is 0. The highest BCUT2D eigenvalue weighted by Gasteiger charge is 2.29. The minimum Gasteiger partial charge on any atom is -0.338 e. The van der Waals surface area contributed by atoms with Crippen molar-refractivity contribution in [2.75, 3.05) is 13.1 Å². The van der Waals surface area contributed by atoms with Crippen LogP contribution in [-0.4, -0.2) is 39.6 Å². The van der Waals surface area contributed by atoms with Crippen molar-refractivity contribution in [2.45, 2.75) is 25.7 Å². The van der Waals surface area contributed by atoms with Crippen molar-refractivity contribution in [2.24, 2.45) is 5.92 Å². The molecule has 1 aliphatic rings. The maximum atomic E-state index is 12.5. The molecule has 1 aliphatic heterocycles. The van der Waals surface area contributed by atoms with Gasteiger partial charge in [0, 0.05) is 31.6 Å². The molecule has 2 heterocycles. The molecule has 0 aliphatic carbocycles. The number of hydrogen-bond donors (Lipinski definition) is 1. The van der Waals surface area contributed by atoms with E-state index >= 15 is 0 Å². The topological polar surface area (TPSA) is 83.1 Å². The zero-order valence-corrected chi connectivity index (χ0v) is 14.0. The van der Waals surface area contributed by atoms with Crippen LogP contribution in [0.5, 0.6) is 0 Å². The van der Waals surface area contributed by atoms with Crippen LogP contribution in [0.4, 0.5) is 0 Å². The lowest BCUT2D eigenvalue weighted by Crippen LogP contribution is -2.44. The van der Waals surface area contributed by atoms with Crippen LogP contribution in [0.25, 0.3) is 0 Å². The number of aromatic amines is 1. The van der Waals surface area contributed by atoms with Crippen LogP contribution in [0, 0.1) is 5.92 Å². The second-order valence-electron chi connectivity index (χ2n) is 6.34. The van der Waals surface area contributed by atoms with Gasteiger partial charge in [-0.1, -0.05) is 30.3 Å². The summed E-state index contributed by atoms with van der Waals surface area (Å²) in [5, 5.41) is 0. The van der Waals surface area contributed by atoms with Gasteiger partial charge in [0.05, 0.1) is 6.33 Å². The van der Waals surface area contributed by atoms with Crippen LogP contribution in [0.3, 0.4) is 0 Å². The molecule has 1 N–H and O–H groups in total. The van der Waals surface area contributed by atoms with E-state index in [2.05, 4.69) is 9.97 Å². The Bertz CT molecular complexity index is 801. The molecule has 0 spiro atoms. The number of Topliss-reactive ketones (excluding diaryl/α,β-unsaturated/α-hetero) is 1. The Balaban J connectivity index is 1.61. The molecule has 1 aromatic heterocycles. The number of carbonyl (C=O) groups excluding carboxylic acids is 2. The van der Waals surface area contributed by atoms with Gasteiger partial charge in [-0.25, -0.2) is 4.98 Å². The summed E-state index contributed by atoms with van der Waals surface area (Å²) in [6, 6.07) is 9.91. The number of carbonyl (C=O) groups is 2. The van der Waals surface area contributed by atoms with Crippen LogP contribution in [0.15, 0.2) is 47.7 Å². The van der Waals surface area contributed by atoms with E-state index in [0.29, 0.717) is 25.9 Å². The minimum absolute atomic E-state index is 0.0277. The monoisotopic (exact) mass is 339 g/mol. The Hall–Kier alpha value is -2.76. The van der Waals surface area contributed by atoms with Gasteiger partial charge in [0.15, 0.2) is 0 Å². The van der Waals surface area contributed by atoms with Crippen molar-refractivity contribution < 1.29 is 9.59 Å². The van der Waals surface area contributed by atoms with Gasteiger partial charge in [0.25, 0.3) is 11.5 Å². The van der Waals surface area contributed by atoms with Gasteiger partial charge in [-0.2, -0.15) is 0 Å². The smallest absolute Gasteiger partial charge is 0.263 e. The van der Waals surface area contributed by atoms with Crippen molar-refractivity contribution in [3.63, 3.8) is 0 Å². The molecule has 2 aromatic rings. The molecule has 1 amide bonds. The van der Waals surface area contributed by atoms with Crippen molar-refractivity contribution in [3.05, 3.63) is 64.3 Å². The number of amides is 1. The average molecular weight is 339 g/mol. The maximum absolute atomic E-state index is 12.5. The van der Waals surface area contributed by atoms with E-state index in [4.69, 9.17) is 0 Å². The molecule has 1 aromatic carbocycles. The first-order valence-electron chi connectivity index (χ1n) is 8.54. The molecule has 130 valence electrons. The first kappa shape index (κ1) is 17.1. The predicted molar refractivity (Wildman–Crippen MR) is 93.3 cm³/mol. The number of H-pyrrole nitrogens is 1. The highest BCUT2D eigenvalue weighted by atomic mass is 16.2. The van der Waals surface area contributed by atoms with Crippen molar-refractivity contribution >= 4 is 11.7 Å². The number of nitrogens with zero attached hydrogens (tertiary/aromatic N) is 2. The minimum atomic E-state index is -0.447. The van der Waals surface area contributed by atoms with Crippen molar-refractivity contribution in [1.29, 1.82) is 0 Å². The van der Waals surface area contributed by atoms with Gasteiger partial charge < -0.3 is 9.88 Å². The highest BCUT2D eigenvalue weighted by Crippen LogP contribution is 2.20. The Morgan fingerprint density at radius 1 is 1.24 bits per heavy atom. The Labute approximate surface area is 145 Å². The quantitative estimate of drug-likeness (QED) is 0.901. The third kappa shape index (κ3) is 4.21. The van der Waals surface area contributed by atoms with E-state index in [1.165, 1.54) is 12.5 Å². The van der Waals surface area contributed by atoms with Gasteiger partial charge in [0.2, 0.25) is 0 Å². The largest absolute Gasteiger partial charge is 0.338 e. The predicted octanol–water partition coefficient (Wildman–Crippen LogP) is 1.82. The maximum Gasteiger partial charge on any atom is 0.263 e. The molecule has 0 unspecified atom stereocenters. The molecule has 3 rings (SSSR count). The van der Waals surface area contributed by atoms with Crippen LogP contribution < -0.4 is 5.56 Å². The number of likely N-dealkylation sites (tertiary alicyclic amines) is 1. The number of aromatic nitrogens is 2. The summed E-state index contributed by atoms with van der Waals surface area (Å²) in [5.74, 6) is -0.325. The number of hydrogen-bond acceptors (Lipinski definition) is 4. The molecule has 6 heteroatoms. The normalized spacial score (nSPS) is 17.3. The van der Waals surface area contributed by atoms with Gasteiger partial charge in [0.1, 0.15) is 11.3 Å². The van der Waals surface area contributed by atoms with Crippen LogP contribution in [-0.2, 0) is 11.2 Å². The molecule has 0 bridgehead atoms. The van der Waals surface area contributed by atoms with Gasteiger partial charge in [-0.3, -0.25) is 14.4 Å². The molecule has 1 saturated heterocycles. The SMILES string of the molecule is O=C(CCc1ccccc1)[C@H]1CCCN(C(=O)c2cnc[nH]c2=O)C1. The van der Waals surface area contributed by atoms with E-state index < -0.39 is 5.56 Å². The molecule has 0 saturated carbocycles. The Kier molecular flexibility index (Phi) is 5.38.